The Kier molecular flexibility index (Phi) is 9.92. The zero-order valence-electron chi connectivity index (χ0n) is 20.2. The van der Waals surface area contributed by atoms with E-state index in [-0.39, 0.29) is 34.2 Å². The number of nitrogens with zero attached hydrogens (tertiary/aromatic N) is 2. The minimum atomic E-state index is -3.86. The van der Waals surface area contributed by atoms with E-state index in [9.17, 15) is 18.0 Å². The lowest BCUT2D eigenvalue weighted by atomic mass is 9.95. The first kappa shape index (κ1) is 28.6. The van der Waals surface area contributed by atoms with Gasteiger partial charge in [0.25, 0.3) is 0 Å². The Morgan fingerprint density at radius 3 is 2.22 bits per heavy atom. The van der Waals surface area contributed by atoms with Crippen LogP contribution < -0.4 is 9.62 Å². The molecule has 0 spiro atoms. The molecule has 2 amide bonds. The summed E-state index contributed by atoms with van der Waals surface area (Å²) in [5.41, 5.74) is 0.955. The van der Waals surface area contributed by atoms with E-state index in [1.807, 2.05) is 0 Å². The van der Waals surface area contributed by atoms with Crippen molar-refractivity contribution in [2.45, 2.75) is 57.7 Å². The molecule has 2 aromatic rings. The number of hydrogen-bond acceptors (Lipinski definition) is 4. The average Bonchev–Trinajstić information content (AvgIpc) is 2.83. The number of carbonyl (C=O) groups excluding carboxylic acids is 2. The molecule has 1 aliphatic rings. The Morgan fingerprint density at radius 2 is 1.64 bits per heavy atom. The maximum absolute atomic E-state index is 13.6. The molecule has 2 aromatic carbocycles. The Bertz CT molecular complexity index is 1190. The highest BCUT2D eigenvalue weighted by Crippen LogP contribution is 2.29. The molecule has 1 atom stereocenters. The summed E-state index contributed by atoms with van der Waals surface area (Å²) in [6.07, 6.45) is 6.08. The fraction of sp³-hybridized carbons (Fsp3) is 0.440. The van der Waals surface area contributed by atoms with Crippen LogP contribution >= 0.6 is 34.8 Å². The van der Waals surface area contributed by atoms with Gasteiger partial charge in [-0.1, -0.05) is 66.2 Å². The second-order valence-electron chi connectivity index (χ2n) is 9.04. The van der Waals surface area contributed by atoms with Crippen molar-refractivity contribution in [3.8, 4) is 0 Å². The minimum absolute atomic E-state index is 0.0740. The summed E-state index contributed by atoms with van der Waals surface area (Å²) < 4.78 is 26.2. The van der Waals surface area contributed by atoms with Crippen molar-refractivity contribution >= 4 is 62.3 Å². The summed E-state index contributed by atoms with van der Waals surface area (Å²) in [6, 6.07) is 10.5. The van der Waals surface area contributed by atoms with Gasteiger partial charge in [-0.05, 0) is 55.7 Å². The van der Waals surface area contributed by atoms with Crippen LogP contribution in [-0.2, 0) is 26.2 Å². The van der Waals surface area contributed by atoms with Crippen molar-refractivity contribution in [1.29, 1.82) is 0 Å². The number of hydrogen-bond donors (Lipinski definition) is 1. The zero-order chi connectivity index (χ0) is 26.5. The predicted octanol–water partition coefficient (Wildman–Crippen LogP) is 5.28. The lowest BCUT2D eigenvalue weighted by Gasteiger charge is -2.33. The molecule has 3 rings (SSSR count). The molecule has 0 saturated heterocycles. The molecule has 0 radical (unpaired) electrons. The highest BCUT2D eigenvalue weighted by molar-refractivity contribution is 7.92. The molecule has 0 aliphatic heterocycles. The number of nitrogens with one attached hydrogen (secondary N) is 1. The molecule has 7 nitrogen and oxygen atoms in total. The van der Waals surface area contributed by atoms with Gasteiger partial charge in [-0.25, -0.2) is 8.42 Å². The minimum Gasteiger partial charge on any atom is -0.352 e. The first-order chi connectivity index (χ1) is 17.0. The molecule has 196 valence electrons. The van der Waals surface area contributed by atoms with Gasteiger partial charge in [-0.15, -0.1) is 0 Å². The van der Waals surface area contributed by atoms with Crippen molar-refractivity contribution in [2.24, 2.45) is 0 Å². The second kappa shape index (κ2) is 12.5. The Balaban J connectivity index is 1.87. The van der Waals surface area contributed by atoms with Crippen molar-refractivity contribution in [2.75, 3.05) is 17.1 Å². The van der Waals surface area contributed by atoms with Crippen molar-refractivity contribution < 1.29 is 18.0 Å². The third kappa shape index (κ3) is 7.75. The molecular weight excluding hydrogens is 545 g/mol. The van der Waals surface area contributed by atoms with Gasteiger partial charge in [0.15, 0.2) is 0 Å². The highest BCUT2D eigenvalue weighted by atomic mass is 35.5. The standard InChI is InChI=1S/C25H30Cl3N3O4S/c1-17(25(33)29-20-6-4-3-5-7-20)30(15-18-8-10-19(26)11-9-18)24(32)16-31(36(2,34)35)21-12-13-22(27)23(28)14-21/h8-14,17,20H,3-7,15-16H2,1-2H3,(H,29,33)/t17-/m0/s1. The third-order valence-corrected chi connectivity index (χ3v) is 8.39. The molecule has 1 fully saturated rings. The van der Waals surface area contributed by atoms with Crippen LogP contribution in [0.5, 0.6) is 0 Å². The number of halogens is 3. The summed E-state index contributed by atoms with van der Waals surface area (Å²) in [5, 5.41) is 4.03. The molecule has 0 unspecified atom stereocenters. The van der Waals surface area contributed by atoms with Crippen LogP contribution in [0.2, 0.25) is 15.1 Å². The summed E-state index contributed by atoms with van der Waals surface area (Å²) in [7, 11) is -3.86. The van der Waals surface area contributed by atoms with Crippen molar-refractivity contribution in [3.05, 3.63) is 63.1 Å². The second-order valence-corrected chi connectivity index (χ2v) is 12.2. The van der Waals surface area contributed by atoms with E-state index in [0.29, 0.717) is 5.02 Å². The van der Waals surface area contributed by atoms with E-state index >= 15 is 0 Å². The maximum atomic E-state index is 13.6. The van der Waals surface area contributed by atoms with Gasteiger partial charge in [-0.3, -0.25) is 13.9 Å². The fourth-order valence-corrected chi connectivity index (χ4v) is 5.45. The number of amides is 2. The molecule has 36 heavy (non-hydrogen) atoms. The average molecular weight is 575 g/mol. The van der Waals surface area contributed by atoms with Crippen LogP contribution in [-0.4, -0.2) is 50.0 Å². The molecule has 0 aromatic heterocycles. The quantitative estimate of drug-likeness (QED) is 0.442. The van der Waals surface area contributed by atoms with Crippen molar-refractivity contribution in [1.82, 2.24) is 10.2 Å². The Morgan fingerprint density at radius 1 is 1.00 bits per heavy atom. The predicted molar refractivity (Wildman–Crippen MR) is 145 cm³/mol. The van der Waals surface area contributed by atoms with E-state index < -0.39 is 28.5 Å². The van der Waals surface area contributed by atoms with Gasteiger partial charge in [0.05, 0.1) is 22.0 Å². The molecule has 0 bridgehead atoms. The topological polar surface area (TPSA) is 86.8 Å². The summed E-state index contributed by atoms with van der Waals surface area (Å²) in [4.78, 5) is 28.1. The van der Waals surface area contributed by atoms with Gasteiger partial charge in [0.2, 0.25) is 21.8 Å². The van der Waals surface area contributed by atoms with E-state index in [4.69, 9.17) is 34.8 Å². The zero-order valence-corrected chi connectivity index (χ0v) is 23.3. The third-order valence-electron chi connectivity index (χ3n) is 6.26. The van der Waals surface area contributed by atoms with Crippen LogP contribution in [0.1, 0.15) is 44.6 Å². The Hall–Kier alpha value is -2.00. The van der Waals surface area contributed by atoms with Gasteiger partial charge < -0.3 is 10.2 Å². The smallest absolute Gasteiger partial charge is 0.244 e. The molecule has 0 heterocycles. The summed E-state index contributed by atoms with van der Waals surface area (Å²) in [6.45, 7) is 1.25. The molecule has 1 saturated carbocycles. The number of benzene rings is 2. The molecule has 1 N–H and O–H groups in total. The first-order valence-corrected chi connectivity index (χ1v) is 14.7. The number of rotatable bonds is 9. The number of carbonyl (C=O) groups is 2. The van der Waals surface area contributed by atoms with Crippen molar-refractivity contribution in [3.63, 3.8) is 0 Å². The largest absolute Gasteiger partial charge is 0.352 e. The molecular formula is C25H30Cl3N3O4S. The molecule has 1 aliphatic carbocycles. The van der Waals surface area contributed by atoms with Gasteiger partial charge in [0, 0.05) is 17.6 Å². The van der Waals surface area contributed by atoms with E-state index in [1.165, 1.54) is 23.1 Å². The van der Waals surface area contributed by atoms with Gasteiger partial charge in [-0.2, -0.15) is 0 Å². The van der Waals surface area contributed by atoms with Crippen LogP contribution in [0, 0.1) is 0 Å². The van der Waals surface area contributed by atoms with E-state index in [2.05, 4.69) is 5.32 Å². The van der Waals surface area contributed by atoms with Crippen LogP contribution in [0.25, 0.3) is 0 Å². The van der Waals surface area contributed by atoms with E-state index in [1.54, 1.807) is 31.2 Å². The molecule has 11 heteroatoms. The Labute approximate surface area is 227 Å². The normalized spacial score (nSPS) is 15.2. The SMILES string of the molecule is C[C@@H](C(=O)NC1CCCCC1)N(Cc1ccc(Cl)cc1)C(=O)CN(c1ccc(Cl)c(Cl)c1)S(C)(=O)=O. The van der Waals surface area contributed by atoms with E-state index in [0.717, 1.165) is 48.2 Å². The fourth-order valence-electron chi connectivity index (χ4n) is 4.19. The summed E-state index contributed by atoms with van der Waals surface area (Å²) in [5.74, 6) is -0.808. The lowest BCUT2D eigenvalue weighted by molar-refractivity contribution is -0.139. The van der Waals surface area contributed by atoms with Gasteiger partial charge in [0.1, 0.15) is 12.6 Å². The van der Waals surface area contributed by atoms with Crippen LogP contribution in [0.15, 0.2) is 42.5 Å². The number of sulfonamides is 1. The summed E-state index contributed by atoms with van der Waals surface area (Å²) >= 11 is 18.1. The van der Waals surface area contributed by atoms with Gasteiger partial charge >= 0.3 is 0 Å². The number of anilines is 1. The monoisotopic (exact) mass is 573 g/mol. The highest BCUT2D eigenvalue weighted by Gasteiger charge is 2.31. The van der Waals surface area contributed by atoms with Crippen LogP contribution in [0.4, 0.5) is 5.69 Å². The first-order valence-electron chi connectivity index (χ1n) is 11.7. The van der Waals surface area contributed by atoms with Crippen LogP contribution in [0.3, 0.4) is 0 Å². The lowest BCUT2D eigenvalue weighted by Crippen LogP contribution is -2.52. The maximum Gasteiger partial charge on any atom is 0.244 e.